The number of likely N-dealkylation sites (tertiary alicyclic amines) is 1. The molecule has 9 heteroatoms. The zero-order chi connectivity index (χ0) is 20.9. The number of anilines is 1. The molecular formula is C20H20Br2N2O5. The van der Waals surface area contributed by atoms with E-state index in [1.54, 1.807) is 24.3 Å². The van der Waals surface area contributed by atoms with E-state index in [1.165, 1.54) is 6.92 Å². The monoisotopic (exact) mass is 526 g/mol. The first-order valence-electron chi connectivity index (χ1n) is 9.48. The lowest BCUT2D eigenvalue weighted by molar-refractivity contribution is -0.159. The fourth-order valence-corrected chi connectivity index (χ4v) is 6.71. The Morgan fingerprint density at radius 2 is 1.66 bits per heavy atom. The standard InChI is InChI=1S/C20H20Br2N2O5/c1-9(20(28)29-8-13(25)23-10-5-3-2-4-6-10)24-18(26)14-11-7-12(15(14)19(24)27)17(22)16(11)21/h2-6,9,11-12,14-17H,7-8H2,1H3,(H,23,25)/t9-,11-,12-,14-,15+,16-,17+/m1/s1. The van der Waals surface area contributed by atoms with Crippen LogP contribution in [0, 0.1) is 23.7 Å². The van der Waals surface area contributed by atoms with E-state index < -0.39 is 24.5 Å². The number of nitrogens with zero attached hydrogens (tertiary/aromatic N) is 1. The van der Waals surface area contributed by atoms with Crippen LogP contribution in [0.25, 0.3) is 0 Å². The minimum absolute atomic E-state index is 0.0793. The molecule has 0 spiro atoms. The van der Waals surface area contributed by atoms with Crippen molar-refractivity contribution in [3.8, 4) is 0 Å². The second kappa shape index (κ2) is 7.83. The van der Waals surface area contributed by atoms with E-state index in [-0.39, 0.29) is 45.1 Å². The Balaban J connectivity index is 1.37. The molecule has 2 saturated carbocycles. The van der Waals surface area contributed by atoms with Gasteiger partial charge in [0.05, 0.1) is 11.8 Å². The maximum Gasteiger partial charge on any atom is 0.329 e. The van der Waals surface area contributed by atoms with Gasteiger partial charge in [-0.25, -0.2) is 4.79 Å². The van der Waals surface area contributed by atoms with Gasteiger partial charge < -0.3 is 10.1 Å². The highest BCUT2D eigenvalue weighted by atomic mass is 79.9. The zero-order valence-corrected chi connectivity index (χ0v) is 18.8. The van der Waals surface area contributed by atoms with Gasteiger partial charge in [0.1, 0.15) is 6.04 Å². The molecule has 29 heavy (non-hydrogen) atoms. The fourth-order valence-electron chi connectivity index (χ4n) is 4.83. The molecule has 1 aliphatic heterocycles. The molecule has 0 unspecified atom stereocenters. The summed E-state index contributed by atoms with van der Waals surface area (Å²) in [5, 5.41) is 2.61. The van der Waals surface area contributed by atoms with E-state index in [1.807, 2.05) is 6.07 Å². The molecule has 154 valence electrons. The van der Waals surface area contributed by atoms with Gasteiger partial charge in [-0.1, -0.05) is 50.1 Å². The highest BCUT2D eigenvalue weighted by Gasteiger charge is 2.67. The van der Waals surface area contributed by atoms with Gasteiger partial charge in [0.25, 0.3) is 5.91 Å². The number of nitrogens with one attached hydrogen (secondary N) is 1. The molecule has 4 rings (SSSR count). The summed E-state index contributed by atoms with van der Waals surface area (Å²) < 4.78 is 5.06. The maximum atomic E-state index is 12.9. The molecule has 7 nitrogen and oxygen atoms in total. The van der Waals surface area contributed by atoms with Crippen molar-refractivity contribution >= 4 is 61.2 Å². The zero-order valence-electron chi connectivity index (χ0n) is 15.6. The van der Waals surface area contributed by atoms with E-state index in [4.69, 9.17) is 4.74 Å². The van der Waals surface area contributed by atoms with Crippen LogP contribution in [0.4, 0.5) is 5.69 Å². The summed E-state index contributed by atoms with van der Waals surface area (Å²) in [7, 11) is 0. The van der Waals surface area contributed by atoms with E-state index in [0.29, 0.717) is 5.69 Å². The molecule has 7 atom stereocenters. The number of ether oxygens (including phenoxy) is 1. The number of para-hydroxylation sites is 1. The van der Waals surface area contributed by atoms with Crippen molar-refractivity contribution in [2.75, 3.05) is 11.9 Å². The fraction of sp³-hybridized carbons (Fsp3) is 0.500. The largest absolute Gasteiger partial charge is 0.454 e. The molecule has 2 bridgehead atoms. The summed E-state index contributed by atoms with van der Waals surface area (Å²) >= 11 is 7.27. The van der Waals surface area contributed by atoms with Crippen LogP contribution in [0.1, 0.15) is 13.3 Å². The van der Waals surface area contributed by atoms with Gasteiger partial charge in [-0.2, -0.15) is 0 Å². The average Bonchev–Trinajstić information content (AvgIpc) is 3.31. The van der Waals surface area contributed by atoms with Crippen molar-refractivity contribution in [2.24, 2.45) is 23.7 Å². The third-order valence-corrected chi connectivity index (χ3v) is 9.36. The number of hydrogen-bond acceptors (Lipinski definition) is 5. The van der Waals surface area contributed by atoms with Crippen molar-refractivity contribution < 1.29 is 23.9 Å². The van der Waals surface area contributed by atoms with Gasteiger partial charge in [0, 0.05) is 15.3 Å². The molecule has 1 aromatic carbocycles. The molecule has 1 heterocycles. The first kappa shape index (κ1) is 20.5. The molecule has 3 aliphatic rings. The Bertz CT molecular complexity index is 832. The van der Waals surface area contributed by atoms with Crippen LogP contribution in [-0.2, 0) is 23.9 Å². The lowest BCUT2D eigenvalue weighted by Crippen LogP contribution is -2.45. The smallest absolute Gasteiger partial charge is 0.329 e. The Hall–Kier alpha value is -1.74. The molecule has 3 amide bonds. The van der Waals surface area contributed by atoms with Crippen LogP contribution >= 0.6 is 31.9 Å². The lowest BCUT2D eigenvalue weighted by Gasteiger charge is -2.28. The summed E-state index contributed by atoms with van der Waals surface area (Å²) in [4.78, 5) is 51.6. The number of imide groups is 1. The van der Waals surface area contributed by atoms with Crippen LogP contribution in [0.5, 0.6) is 0 Å². The molecule has 0 aromatic heterocycles. The Morgan fingerprint density at radius 1 is 1.10 bits per heavy atom. The molecule has 3 fully saturated rings. The van der Waals surface area contributed by atoms with Crippen LogP contribution in [-0.4, -0.2) is 50.9 Å². The minimum atomic E-state index is -1.06. The quantitative estimate of drug-likeness (QED) is 0.360. The summed E-state index contributed by atoms with van der Waals surface area (Å²) in [5.74, 6) is -2.50. The number of carbonyl (C=O) groups excluding carboxylic acids is 4. The third kappa shape index (κ3) is 3.42. The second-order valence-electron chi connectivity index (χ2n) is 7.75. The Kier molecular flexibility index (Phi) is 5.54. The normalized spacial score (nSPS) is 33.6. The minimum Gasteiger partial charge on any atom is -0.454 e. The number of carbonyl (C=O) groups is 4. The van der Waals surface area contributed by atoms with E-state index in [2.05, 4.69) is 37.2 Å². The number of hydrogen-bond donors (Lipinski definition) is 1. The second-order valence-corrected chi connectivity index (χ2v) is 9.86. The molecule has 1 N–H and O–H groups in total. The van der Waals surface area contributed by atoms with Crippen molar-refractivity contribution in [1.82, 2.24) is 4.90 Å². The van der Waals surface area contributed by atoms with Crippen LogP contribution < -0.4 is 5.32 Å². The van der Waals surface area contributed by atoms with Gasteiger partial charge in [-0.05, 0) is 37.3 Å². The van der Waals surface area contributed by atoms with Gasteiger partial charge in [0.15, 0.2) is 6.61 Å². The lowest BCUT2D eigenvalue weighted by atomic mass is 9.81. The molecule has 1 saturated heterocycles. The maximum absolute atomic E-state index is 12.9. The summed E-state index contributed by atoms with van der Waals surface area (Å²) in [6.45, 7) is 0.979. The topological polar surface area (TPSA) is 92.8 Å². The van der Waals surface area contributed by atoms with Crippen molar-refractivity contribution in [2.45, 2.75) is 29.0 Å². The average molecular weight is 528 g/mol. The van der Waals surface area contributed by atoms with E-state index in [0.717, 1.165) is 11.3 Å². The first-order valence-corrected chi connectivity index (χ1v) is 11.3. The van der Waals surface area contributed by atoms with Crippen molar-refractivity contribution in [3.63, 3.8) is 0 Å². The summed E-state index contributed by atoms with van der Waals surface area (Å²) in [5.41, 5.74) is 0.587. The molecule has 0 radical (unpaired) electrons. The number of rotatable bonds is 5. The number of halogens is 2. The summed E-state index contributed by atoms with van der Waals surface area (Å²) in [6, 6.07) is 7.72. The van der Waals surface area contributed by atoms with Gasteiger partial charge in [-0.15, -0.1) is 0 Å². The highest BCUT2D eigenvalue weighted by Crippen LogP contribution is 2.60. The predicted molar refractivity (Wildman–Crippen MR) is 111 cm³/mol. The SMILES string of the molecule is C[C@H](C(=O)OCC(=O)Nc1ccccc1)N1C(=O)[C@@H]2[C@H]3C[C@@H]([C@H](Br)[C@@H]3Br)[C@@H]2C1=O. The molecule has 1 aromatic rings. The van der Waals surface area contributed by atoms with Crippen molar-refractivity contribution in [1.29, 1.82) is 0 Å². The number of benzene rings is 1. The predicted octanol–water partition coefficient (Wildman–Crippen LogP) is 2.33. The van der Waals surface area contributed by atoms with Gasteiger partial charge >= 0.3 is 5.97 Å². The third-order valence-electron chi connectivity index (χ3n) is 6.15. The number of alkyl halides is 2. The van der Waals surface area contributed by atoms with Crippen molar-refractivity contribution in [3.05, 3.63) is 30.3 Å². The highest BCUT2D eigenvalue weighted by molar-refractivity contribution is 9.12. The molecule has 2 aliphatic carbocycles. The first-order chi connectivity index (χ1) is 13.8. The van der Waals surface area contributed by atoms with Gasteiger partial charge in [-0.3, -0.25) is 19.3 Å². The van der Waals surface area contributed by atoms with E-state index >= 15 is 0 Å². The Morgan fingerprint density at radius 3 is 2.21 bits per heavy atom. The van der Waals surface area contributed by atoms with Crippen LogP contribution in [0.2, 0.25) is 0 Å². The number of fused-ring (bicyclic) bond motifs is 5. The molecular weight excluding hydrogens is 508 g/mol. The van der Waals surface area contributed by atoms with Gasteiger partial charge in [0.2, 0.25) is 11.8 Å². The van der Waals surface area contributed by atoms with E-state index in [9.17, 15) is 19.2 Å². The van der Waals surface area contributed by atoms with Crippen LogP contribution in [0.15, 0.2) is 30.3 Å². The number of esters is 1. The summed E-state index contributed by atoms with van der Waals surface area (Å²) in [6.07, 6.45) is 0.824. The number of amides is 3. The van der Waals surface area contributed by atoms with Crippen LogP contribution in [0.3, 0.4) is 0 Å². The Labute approximate surface area is 184 Å².